The van der Waals surface area contributed by atoms with E-state index in [2.05, 4.69) is 13.2 Å². The molecule has 0 aromatic heterocycles. The number of carbonyl (C=O) groups is 3. The zero-order valence-electron chi connectivity index (χ0n) is 21.5. The first-order chi connectivity index (χ1) is 18.5. The summed E-state index contributed by atoms with van der Waals surface area (Å²) in [6.07, 6.45) is 5.73. The summed E-state index contributed by atoms with van der Waals surface area (Å²) in [6.45, 7) is 8.24. The number of benzene rings is 2. The van der Waals surface area contributed by atoms with Crippen molar-refractivity contribution in [3.63, 3.8) is 0 Å². The Morgan fingerprint density at radius 3 is 2.71 bits per heavy atom. The van der Waals surface area contributed by atoms with Crippen molar-refractivity contribution in [1.29, 1.82) is 0 Å². The van der Waals surface area contributed by atoms with Gasteiger partial charge in [0, 0.05) is 30.6 Å². The standard InChI is InChI=1S/C30H34N2O5S/c1-3-5-18-37-29(36)24-23-13-14-30(38-23)25(24)27(34)32(16-8-17-33)26(30)28(35)31(15-4-2)22-12-11-20-9-6-7-10-21(20)19-22/h3-4,6-7,9-12,19,23-26,33H,1-2,5,8,13-18H2/t23-,24+,25+,26?,30?/m1/s1. The molecule has 7 nitrogen and oxygen atoms in total. The van der Waals surface area contributed by atoms with Crippen molar-refractivity contribution >= 4 is 46.0 Å². The minimum Gasteiger partial charge on any atom is -0.465 e. The lowest BCUT2D eigenvalue weighted by Gasteiger charge is -2.37. The zero-order chi connectivity index (χ0) is 26.9. The molecule has 3 fully saturated rings. The van der Waals surface area contributed by atoms with Gasteiger partial charge in [0.1, 0.15) is 6.04 Å². The second-order valence-corrected chi connectivity index (χ2v) is 11.8. The van der Waals surface area contributed by atoms with E-state index in [4.69, 9.17) is 4.74 Å². The number of carbonyl (C=O) groups excluding carboxylic acids is 3. The summed E-state index contributed by atoms with van der Waals surface area (Å²) in [5.41, 5.74) is 0.737. The van der Waals surface area contributed by atoms with Gasteiger partial charge in [-0.3, -0.25) is 14.4 Å². The van der Waals surface area contributed by atoms with Crippen LogP contribution in [-0.2, 0) is 19.1 Å². The van der Waals surface area contributed by atoms with E-state index in [-0.39, 0.29) is 49.3 Å². The Morgan fingerprint density at radius 2 is 1.97 bits per heavy atom. The maximum Gasteiger partial charge on any atom is 0.310 e. The highest BCUT2D eigenvalue weighted by Gasteiger charge is 2.74. The second kappa shape index (κ2) is 10.9. The summed E-state index contributed by atoms with van der Waals surface area (Å²) in [4.78, 5) is 44.9. The Morgan fingerprint density at radius 1 is 1.18 bits per heavy atom. The molecule has 2 amide bonds. The number of hydrogen-bond acceptors (Lipinski definition) is 6. The molecule has 200 valence electrons. The Labute approximate surface area is 227 Å². The van der Waals surface area contributed by atoms with Crippen LogP contribution in [0.2, 0.25) is 0 Å². The first-order valence-electron chi connectivity index (χ1n) is 13.2. The van der Waals surface area contributed by atoms with E-state index in [9.17, 15) is 19.5 Å². The molecule has 5 rings (SSSR count). The van der Waals surface area contributed by atoms with Gasteiger partial charge < -0.3 is 19.6 Å². The maximum absolute atomic E-state index is 14.5. The molecule has 38 heavy (non-hydrogen) atoms. The largest absolute Gasteiger partial charge is 0.465 e. The number of hydrogen-bond donors (Lipinski definition) is 1. The van der Waals surface area contributed by atoms with Gasteiger partial charge in [0.25, 0.3) is 5.91 Å². The van der Waals surface area contributed by atoms with Crippen molar-refractivity contribution in [1.82, 2.24) is 4.90 Å². The van der Waals surface area contributed by atoms with E-state index in [0.717, 1.165) is 22.9 Å². The Bertz CT molecular complexity index is 1260. The predicted octanol–water partition coefficient (Wildman–Crippen LogP) is 3.95. The number of aliphatic hydroxyl groups excluding tert-OH is 1. The van der Waals surface area contributed by atoms with Gasteiger partial charge in [-0.25, -0.2) is 0 Å². The normalized spacial score (nSPS) is 27.4. The molecule has 8 heteroatoms. The predicted molar refractivity (Wildman–Crippen MR) is 150 cm³/mol. The molecular formula is C30H34N2O5S. The van der Waals surface area contributed by atoms with Gasteiger partial charge >= 0.3 is 5.97 Å². The molecule has 2 bridgehead atoms. The second-order valence-electron chi connectivity index (χ2n) is 10.2. The highest BCUT2D eigenvalue weighted by atomic mass is 32.2. The third kappa shape index (κ3) is 4.33. The number of amides is 2. The van der Waals surface area contributed by atoms with Crippen LogP contribution < -0.4 is 4.90 Å². The lowest BCUT2D eigenvalue weighted by Crippen LogP contribution is -2.55. The number of aliphatic hydroxyl groups is 1. The lowest BCUT2D eigenvalue weighted by atomic mass is 9.71. The number of anilines is 1. The van der Waals surface area contributed by atoms with Crippen molar-refractivity contribution in [2.75, 3.05) is 31.2 Å². The van der Waals surface area contributed by atoms with Crippen LogP contribution in [0, 0.1) is 11.8 Å². The Balaban J connectivity index is 1.52. The molecule has 1 spiro atoms. The molecule has 0 saturated carbocycles. The van der Waals surface area contributed by atoms with E-state index in [1.807, 2.05) is 42.5 Å². The monoisotopic (exact) mass is 534 g/mol. The van der Waals surface area contributed by atoms with Gasteiger partial charge in [-0.2, -0.15) is 0 Å². The summed E-state index contributed by atoms with van der Waals surface area (Å²) >= 11 is 1.62. The van der Waals surface area contributed by atoms with E-state index in [1.54, 1.807) is 33.7 Å². The topological polar surface area (TPSA) is 87.1 Å². The number of thioether (sulfide) groups is 1. The van der Waals surface area contributed by atoms with Gasteiger partial charge in [0.2, 0.25) is 5.91 Å². The first kappa shape index (κ1) is 26.5. The average Bonchev–Trinajstić information content (AvgIpc) is 3.57. The van der Waals surface area contributed by atoms with E-state index >= 15 is 0 Å². The smallest absolute Gasteiger partial charge is 0.310 e. The highest BCUT2D eigenvalue weighted by molar-refractivity contribution is 8.02. The van der Waals surface area contributed by atoms with Crippen LogP contribution in [-0.4, -0.2) is 70.1 Å². The van der Waals surface area contributed by atoms with Crippen LogP contribution in [0.15, 0.2) is 67.8 Å². The molecule has 3 heterocycles. The van der Waals surface area contributed by atoms with Gasteiger partial charge in [0.15, 0.2) is 0 Å². The molecule has 5 atom stereocenters. The zero-order valence-corrected chi connectivity index (χ0v) is 22.3. The fraction of sp³-hybridized carbons (Fsp3) is 0.433. The van der Waals surface area contributed by atoms with Crippen LogP contribution in [0.25, 0.3) is 10.8 Å². The van der Waals surface area contributed by atoms with Crippen LogP contribution >= 0.6 is 11.8 Å². The summed E-state index contributed by atoms with van der Waals surface area (Å²) < 4.78 is 4.84. The Kier molecular flexibility index (Phi) is 7.63. The maximum atomic E-state index is 14.5. The van der Waals surface area contributed by atoms with Crippen molar-refractivity contribution in [2.24, 2.45) is 11.8 Å². The molecular weight excluding hydrogens is 500 g/mol. The molecule has 0 radical (unpaired) electrons. The number of fused-ring (bicyclic) bond motifs is 2. The molecule has 3 aliphatic rings. The third-order valence-corrected chi connectivity index (χ3v) is 10.0. The molecule has 2 aromatic carbocycles. The highest BCUT2D eigenvalue weighted by Crippen LogP contribution is 2.66. The summed E-state index contributed by atoms with van der Waals surface area (Å²) in [5, 5.41) is 11.6. The molecule has 2 aromatic rings. The molecule has 0 aliphatic carbocycles. The average molecular weight is 535 g/mol. The van der Waals surface area contributed by atoms with Crippen LogP contribution in [0.3, 0.4) is 0 Å². The molecule has 3 aliphatic heterocycles. The number of rotatable bonds is 11. The molecule has 1 N–H and O–H groups in total. The lowest BCUT2D eigenvalue weighted by molar-refractivity contribution is -0.154. The SMILES string of the molecule is C=CCCOC(=O)[C@@H]1[C@H]2C(=O)N(CCCO)C(C(=O)N(CC=C)c3ccc4ccccc4c3)C23CC[C@H]1S3. The van der Waals surface area contributed by atoms with Gasteiger partial charge in [-0.05, 0) is 48.6 Å². The fourth-order valence-corrected chi connectivity index (χ4v) is 8.67. The number of esters is 1. The van der Waals surface area contributed by atoms with Gasteiger partial charge in [-0.15, -0.1) is 24.9 Å². The van der Waals surface area contributed by atoms with Crippen molar-refractivity contribution in [2.45, 2.75) is 41.7 Å². The minimum atomic E-state index is -0.737. The van der Waals surface area contributed by atoms with E-state index < -0.39 is 22.6 Å². The Hall–Kier alpha value is -3.10. The van der Waals surface area contributed by atoms with E-state index in [0.29, 0.717) is 19.3 Å². The van der Waals surface area contributed by atoms with Crippen LogP contribution in [0.4, 0.5) is 5.69 Å². The van der Waals surface area contributed by atoms with Crippen molar-refractivity contribution in [3.05, 3.63) is 67.8 Å². The third-order valence-electron chi connectivity index (χ3n) is 8.05. The summed E-state index contributed by atoms with van der Waals surface area (Å²) in [7, 11) is 0. The summed E-state index contributed by atoms with van der Waals surface area (Å²) in [5.74, 6) is -1.92. The van der Waals surface area contributed by atoms with Crippen molar-refractivity contribution in [3.8, 4) is 0 Å². The van der Waals surface area contributed by atoms with Crippen LogP contribution in [0.5, 0.6) is 0 Å². The van der Waals surface area contributed by atoms with Gasteiger partial charge in [0.05, 0.1) is 23.2 Å². The number of likely N-dealkylation sites (tertiary alicyclic amines) is 1. The van der Waals surface area contributed by atoms with Crippen molar-refractivity contribution < 1.29 is 24.2 Å². The quantitative estimate of drug-likeness (QED) is 0.267. The van der Waals surface area contributed by atoms with Gasteiger partial charge in [-0.1, -0.05) is 42.5 Å². The number of nitrogens with zero attached hydrogens (tertiary/aromatic N) is 2. The number of ether oxygens (including phenoxy) is 1. The molecule has 2 unspecified atom stereocenters. The molecule has 3 saturated heterocycles. The fourth-order valence-electron chi connectivity index (χ4n) is 6.46. The minimum absolute atomic E-state index is 0.0519. The first-order valence-corrected chi connectivity index (χ1v) is 14.1. The van der Waals surface area contributed by atoms with Crippen LogP contribution in [0.1, 0.15) is 25.7 Å². The summed E-state index contributed by atoms with van der Waals surface area (Å²) in [6, 6.07) is 13.1. The van der Waals surface area contributed by atoms with E-state index in [1.165, 1.54) is 0 Å².